The van der Waals surface area contributed by atoms with Gasteiger partial charge in [0.2, 0.25) is 0 Å². The van der Waals surface area contributed by atoms with Gasteiger partial charge in [-0.2, -0.15) is 26.3 Å². The summed E-state index contributed by atoms with van der Waals surface area (Å²) in [4.78, 5) is 0. The third kappa shape index (κ3) is 4.56. The van der Waals surface area contributed by atoms with Crippen LogP contribution < -0.4 is 9.47 Å². The van der Waals surface area contributed by atoms with E-state index in [2.05, 4.69) is 0 Å². The molecule has 178 valence electrons. The van der Waals surface area contributed by atoms with Gasteiger partial charge in [-0.1, -0.05) is 30.3 Å². The van der Waals surface area contributed by atoms with Crippen molar-refractivity contribution in [3.05, 3.63) is 107 Å². The second-order valence-corrected chi connectivity index (χ2v) is 8.00. The van der Waals surface area contributed by atoms with Crippen molar-refractivity contribution in [2.24, 2.45) is 0 Å². The summed E-state index contributed by atoms with van der Waals surface area (Å²) in [6.07, 6.45) is -8.45. The minimum Gasteiger partial charge on any atom is -0.453 e. The van der Waals surface area contributed by atoms with Gasteiger partial charge in [-0.25, -0.2) is 0 Å². The van der Waals surface area contributed by atoms with Crippen LogP contribution in [0.5, 0.6) is 23.0 Å². The molecule has 0 unspecified atom stereocenters. The zero-order chi connectivity index (χ0) is 24.8. The summed E-state index contributed by atoms with van der Waals surface area (Å²) in [6, 6.07) is 19.7. The number of benzene rings is 4. The summed E-state index contributed by atoms with van der Waals surface area (Å²) in [5, 5.41) is 0. The smallest absolute Gasteiger partial charge is 0.416 e. The first-order valence-electron chi connectivity index (χ1n) is 10.5. The third-order valence-electron chi connectivity index (χ3n) is 5.71. The largest absolute Gasteiger partial charge is 0.453 e. The Balaban J connectivity index is 1.53. The number of fused-ring (bicyclic) bond motifs is 3. The van der Waals surface area contributed by atoms with Crippen molar-refractivity contribution < 1.29 is 35.8 Å². The molecule has 0 aromatic heterocycles. The quantitative estimate of drug-likeness (QED) is 0.236. The molecule has 0 N–H and O–H groups in total. The molecule has 0 heterocycles. The monoisotopic (exact) mass is 486 g/mol. The number of ether oxygens (including phenoxy) is 2. The molecule has 5 rings (SSSR count). The van der Waals surface area contributed by atoms with Crippen molar-refractivity contribution in [2.45, 2.75) is 18.8 Å². The summed E-state index contributed by atoms with van der Waals surface area (Å²) >= 11 is 0. The van der Waals surface area contributed by atoms with Gasteiger partial charge in [-0.15, -0.1) is 0 Å². The van der Waals surface area contributed by atoms with E-state index in [0.29, 0.717) is 12.2 Å². The van der Waals surface area contributed by atoms with Gasteiger partial charge >= 0.3 is 12.4 Å². The molecule has 0 amide bonds. The lowest BCUT2D eigenvalue weighted by Crippen LogP contribution is -2.04. The van der Waals surface area contributed by atoms with Crippen molar-refractivity contribution in [2.75, 3.05) is 0 Å². The van der Waals surface area contributed by atoms with E-state index >= 15 is 0 Å². The van der Waals surface area contributed by atoms with Gasteiger partial charge in [0.05, 0.1) is 11.1 Å². The van der Waals surface area contributed by atoms with E-state index in [0.717, 1.165) is 46.5 Å². The molecule has 35 heavy (non-hydrogen) atoms. The average Bonchev–Trinajstić information content (AvgIpc) is 3.19. The van der Waals surface area contributed by atoms with Crippen LogP contribution in [0.3, 0.4) is 0 Å². The van der Waals surface area contributed by atoms with Crippen LogP contribution in [0.2, 0.25) is 0 Å². The maximum Gasteiger partial charge on any atom is 0.416 e. The SMILES string of the molecule is FC(F)(F)c1ccc(Oc2ccc3c(c2Oc2ccc(C(F)(F)F)cc2)Cc2ccccc2-3)cc1. The molecule has 0 saturated carbocycles. The molecule has 8 heteroatoms. The summed E-state index contributed by atoms with van der Waals surface area (Å²) in [5.41, 5.74) is 2.09. The van der Waals surface area contributed by atoms with E-state index in [1.165, 1.54) is 24.3 Å². The van der Waals surface area contributed by atoms with Crippen LogP contribution in [0.25, 0.3) is 11.1 Å². The lowest BCUT2D eigenvalue weighted by molar-refractivity contribution is -0.138. The van der Waals surface area contributed by atoms with Gasteiger partial charge in [0.15, 0.2) is 11.5 Å². The topological polar surface area (TPSA) is 18.5 Å². The van der Waals surface area contributed by atoms with Crippen molar-refractivity contribution >= 4 is 0 Å². The molecule has 0 saturated heterocycles. The van der Waals surface area contributed by atoms with E-state index in [1.54, 1.807) is 6.07 Å². The Morgan fingerprint density at radius 3 is 1.66 bits per heavy atom. The highest BCUT2D eigenvalue weighted by Crippen LogP contribution is 2.48. The zero-order valence-electron chi connectivity index (χ0n) is 17.9. The molecule has 4 aromatic rings. The standard InChI is InChI=1S/C27H16F6O2/c28-26(29,30)17-5-9-19(10-6-17)34-24-14-13-22-21-4-2-1-3-16(21)15-23(22)25(24)35-20-11-7-18(8-12-20)27(31,32)33/h1-14H,15H2. The second-order valence-electron chi connectivity index (χ2n) is 8.00. The van der Waals surface area contributed by atoms with Gasteiger partial charge in [0, 0.05) is 12.0 Å². The highest BCUT2D eigenvalue weighted by Gasteiger charge is 2.31. The van der Waals surface area contributed by atoms with Crippen LogP contribution >= 0.6 is 0 Å². The Morgan fingerprint density at radius 2 is 1.09 bits per heavy atom. The summed E-state index contributed by atoms with van der Waals surface area (Å²) in [6.45, 7) is 0. The molecule has 0 fully saturated rings. The van der Waals surface area contributed by atoms with Crippen LogP contribution in [-0.2, 0) is 18.8 Å². The van der Waals surface area contributed by atoms with Crippen molar-refractivity contribution in [3.8, 4) is 34.1 Å². The predicted molar refractivity (Wildman–Crippen MR) is 118 cm³/mol. The molecule has 0 spiro atoms. The fourth-order valence-electron chi connectivity index (χ4n) is 4.02. The summed E-state index contributed by atoms with van der Waals surface area (Å²) in [7, 11) is 0. The molecule has 1 aliphatic rings. The van der Waals surface area contributed by atoms with Crippen molar-refractivity contribution in [1.29, 1.82) is 0 Å². The average molecular weight is 486 g/mol. The molecule has 0 aliphatic heterocycles. The second kappa shape index (κ2) is 8.37. The van der Waals surface area contributed by atoms with Gasteiger partial charge in [0.1, 0.15) is 11.5 Å². The third-order valence-corrected chi connectivity index (χ3v) is 5.71. The molecule has 2 nitrogen and oxygen atoms in total. The number of hydrogen-bond donors (Lipinski definition) is 0. The van der Waals surface area contributed by atoms with E-state index in [1.807, 2.05) is 30.3 Å². The van der Waals surface area contributed by atoms with Crippen LogP contribution in [0.15, 0.2) is 84.9 Å². The number of rotatable bonds is 4. The van der Waals surface area contributed by atoms with Gasteiger partial charge < -0.3 is 9.47 Å². The van der Waals surface area contributed by atoms with E-state index in [4.69, 9.17) is 9.47 Å². The molecular formula is C27H16F6O2. The Kier molecular flexibility index (Phi) is 5.46. The fourth-order valence-corrected chi connectivity index (χ4v) is 4.02. The summed E-state index contributed by atoms with van der Waals surface area (Å²) < 4.78 is 89.5. The van der Waals surface area contributed by atoms with Crippen molar-refractivity contribution in [1.82, 2.24) is 0 Å². The fraction of sp³-hybridized carbons (Fsp3) is 0.111. The lowest BCUT2D eigenvalue weighted by Gasteiger charge is -2.17. The first kappa shape index (κ1) is 22.8. The van der Waals surface area contributed by atoms with E-state index < -0.39 is 23.5 Å². The van der Waals surface area contributed by atoms with Crippen LogP contribution in [-0.4, -0.2) is 0 Å². The zero-order valence-corrected chi connectivity index (χ0v) is 17.9. The van der Waals surface area contributed by atoms with Gasteiger partial charge in [-0.05, 0) is 71.3 Å². The van der Waals surface area contributed by atoms with Crippen LogP contribution in [0.1, 0.15) is 22.3 Å². The molecule has 0 atom stereocenters. The van der Waals surface area contributed by atoms with E-state index in [-0.39, 0.29) is 17.2 Å². The van der Waals surface area contributed by atoms with Crippen LogP contribution in [0, 0.1) is 0 Å². The minimum absolute atomic E-state index is 0.158. The molecular weight excluding hydrogens is 470 g/mol. The molecule has 0 bridgehead atoms. The van der Waals surface area contributed by atoms with Gasteiger partial charge in [-0.3, -0.25) is 0 Å². The Morgan fingerprint density at radius 1 is 0.543 bits per heavy atom. The minimum atomic E-state index is -4.48. The molecule has 4 aromatic carbocycles. The number of alkyl halides is 6. The first-order valence-corrected chi connectivity index (χ1v) is 10.5. The predicted octanol–water partition coefficient (Wildman–Crippen LogP) is 8.88. The Labute approximate surface area is 196 Å². The molecule has 0 radical (unpaired) electrons. The van der Waals surface area contributed by atoms with Gasteiger partial charge in [0.25, 0.3) is 0 Å². The lowest BCUT2D eigenvalue weighted by atomic mass is 10.0. The Bertz CT molecular complexity index is 1370. The maximum atomic E-state index is 13.0. The maximum absolute atomic E-state index is 13.0. The van der Waals surface area contributed by atoms with Crippen molar-refractivity contribution in [3.63, 3.8) is 0 Å². The highest BCUT2D eigenvalue weighted by atomic mass is 19.4. The number of halogens is 6. The molecule has 1 aliphatic carbocycles. The summed E-state index contributed by atoms with van der Waals surface area (Å²) in [5.74, 6) is 0.847. The first-order chi connectivity index (χ1) is 16.6. The normalized spacial score (nSPS) is 12.7. The Hall–Kier alpha value is -3.94. The van der Waals surface area contributed by atoms with E-state index in [9.17, 15) is 26.3 Å². The van der Waals surface area contributed by atoms with Crippen LogP contribution in [0.4, 0.5) is 26.3 Å². The highest BCUT2D eigenvalue weighted by molar-refractivity contribution is 5.81. The number of hydrogen-bond acceptors (Lipinski definition) is 2.